The third-order valence-electron chi connectivity index (χ3n) is 5.82. The minimum atomic E-state index is -1.00. The summed E-state index contributed by atoms with van der Waals surface area (Å²) in [5.74, 6) is -3.95. The fourth-order valence-electron chi connectivity index (χ4n) is 4.15. The van der Waals surface area contributed by atoms with E-state index in [4.69, 9.17) is 9.15 Å². The number of fused-ring (bicyclic) bond motifs is 2. The molecule has 10 nitrogen and oxygen atoms in total. The van der Waals surface area contributed by atoms with Gasteiger partial charge in [-0.3, -0.25) is 9.59 Å². The topological polar surface area (TPSA) is 147 Å². The van der Waals surface area contributed by atoms with Gasteiger partial charge >= 0.3 is 5.97 Å². The summed E-state index contributed by atoms with van der Waals surface area (Å²) in [5, 5.41) is 35.9. The average Bonchev–Trinajstić information content (AvgIpc) is 3.31. The highest BCUT2D eigenvalue weighted by Gasteiger charge is 2.33. The fourth-order valence-corrected chi connectivity index (χ4v) is 4.15. The first-order valence-corrected chi connectivity index (χ1v) is 10.6. The van der Waals surface area contributed by atoms with Gasteiger partial charge in [0.1, 0.15) is 16.7 Å². The minimum Gasteiger partial charge on any atom is -0.504 e. The maximum absolute atomic E-state index is 13.1. The minimum absolute atomic E-state index is 0.0869. The van der Waals surface area contributed by atoms with E-state index in [9.17, 15) is 24.9 Å². The molecule has 0 saturated carbocycles. The summed E-state index contributed by atoms with van der Waals surface area (Å²) in [6, 6.07) is 11.6. The summed E-state index contributed by atoms with van der Waals surface area (Å²) in [6.45, 7) is 0. The van der Waals surface area contributed by atoms with Crippen LogP contribution in [-0.4, -0.2) is 43.0 Å². The molecule has 0 bridgehead atoms. The molecule has 3 N–H and O–H groups in total. The summed E-state index contributed by atoms with van der Waals surface area (Å²) < 4.78 is 12.4. The fraction of sp³-hybridized carbons (Fsp3) is 0.120. The molecule has 3 aromatic heterocycles. The van der Waals surface area contributed by atoms with Crippen molar-refractivity contribution < 1.29 is 29.3 Å². The van der Waals surface area contributed by atoms with Crippen molar-refractivity contribution in [2.45, 2.75) is 12.3 Å². The molecular weight excluding hydrogens is 454 g/mol. The van der Waals surface area contributed by atoms with Crippen molar-refractivity contribution in [3.63, 3.8) is 0 Å². The number of nitrogens with zero attached hydrogens (tertiary/aromatic N) is 3. The Morgan fingerprint density at radius 3 is 2.63 bits per heavy atom. The zero-order valence-electron chi connectivity index (χ0n) is 18.4. The van der Waals surface area contributed by atoms with Crippen molar-refractivity contribution in [3.05, 3.63) is 82.4 Å². The van der Waals surface area contributed by atoms with E-state index in [0.717, 1.165) is 0 Å². The molecule has 0 unspecified atom stereocenters. The normalized spacial score (nSPS) is 12.1. The van der Waals surface area contributed by atoms with Gasteiger partial charge in [0.15, 0.2) is 22.6 Å². The van der Waals surface area contributed by atoms with Gasteiger partial charge in [0.05, 0.1) is 19.7 Å². The Morgan fingerprint density at radius 2 is 1.89 bits per heavy atom. The Kier molecular flexibility index (Phi) is 5.33. The van der Waals surface area contributed by atoms with Crippen LogP contribution in [0, 0.1) is 0 Å². The van der Waals surface area contributed by atoms with Crippen LogP contribution in [0.3, 0.4) is 0 Å². The number of phenols is 3. The molecule has 176 valence electrons. The number of rotatable bonds is 5. The van der Waals surface area contributed by atoms with Crippen molar-refractivity contribution in [1.82, 2.24) is 14.6 Å². The highest BCUT2D eigenvalue weighted by molar-refractivity contribution is 5.94. The van der Waals surface area contributed by atoms with Crippen LogP contribution >= 0.6 is 0 Å². The zero-order chi connectivity index (χ0) is 24.7. The van der Waals surface area contributed by atoms with E-state index in [1.54, 1.807) is 42.6 Å². The Morgan fingerprint density at radius 1 is 1.11 bits per heavy atom. The first-order chi connectivity index (χ1) is 16.9. The van der Waals surface area contributed by atoms with Crippen molar-refractivity contribution >= 4 is 22.6 Å². The number of hydrogen-bond donors (Lipinski definition) is 3. The number of ether oxygens (including phenoxy) is 1. The highest BCUT2D eigenvalue weighted by atomic mass is 16.5. The van der Waals surface area contributed by atoms with Gasteiger partial charge in [-0.1, -0.05) is 30.3 Å². The summed E-state index contributed by atoms with van der Waals surface area (Å²) in [4.78, 5) is 29.8. The van der Waals surface area contributed by atoms with Gasteiger partial charge in [-0.15, -0.1) is 0 Å². The van der Waals surface area contributed by atoms with Crippen LogP contribution in [0.15, 0.2) is 70.3 Å². The third kappa shape index (κ3) is 3.61. The predicted octanol–water partition coefficient (Wildman–Crippen LogP) is 3.31. The van der Waals surface area contributed by atoms with E-state index < -0.39 is 34.6 Å². The molecule has 3 heterocycles. The molecule has 5 rings (SSSR count). The van der Waals surface area contributed by atoms with Crippen LogP contribution in [0.5, 0.6) is 17.2 Å². The number of methoxy groups -OCH3 is 1. The predicted molar refractivity (Wildman–Crippen MR) is 124 cm³/mol. The Balaban J connectivity index is 1.88. The molecule has 0 amide bonds. The monoisotopic (exact) mass is 473 g/mol. The number of esters is 1. The highest BCUT2D eigenvalue weighted by Crippen LogP contribution is 2.49. The molecule has 35 heavy (non-hydrogen) atoms. The summed E-state index contributed by atoms with van der Waals surface area (Å²) in [5.41, 5.74) is 0.443. The summed E-state index contributed by atoms with van der Waals surface area (Å²) >= 11 is 0. The number of hydrogen-bond acceptors (Lipinski definition) is 9. The lowest BCUT2D eigenvalue weighted by molar-refractivity contribution is -0.140. The first-order valence-electron chi connectivity index (χ1n) is 10.6. The molecule has 0 fully saturated rings. The van der Waals surface area contributed by atoms with Crippen LogP contribution in [-0.2, 0) is 9.53 Å². The molecule has 10 heteroatoms. The Labute approximate surface area is 197 Å². The SMILES string of the molecule is COC(=O)C[C@@H](c1c(O)c(O)c(O)c2c(=O)cc(-c3ccccc3)oc12)c1cnn2cccnc12. The summed E-state index contributed by atoms with van der Waals surface area (Å²) in [6.07, 6.45) is 4.35. The van der Waals surface area contributed by atoms with E-state index in [-0.39, 0.29) is 28.7 Å². The molecule has 0 spiro atoms. The number of carbonyl (C=O) groups excluding carboxylic acids is 1. The van der Waals surface area contributed by atoms with Crippen LogP contribution < -0.4 is 5.43 Å². The maximum atomic E-state index is 13.1. The molecule has 0 aliphatic carbocycles. The molecule has 0 aliphatic rings. The number of aromatic hydroxyl groups is 3. The van der Waals surface area contributed by atoms with E-state index in [0.29, 0.717) is 16.8 Å². The van der Waals surface area contributed by atoms with Crippen LogP contribution in [0.4, 0.5) is 0 Å². The van der Waals surface area contributed by atoms with E-state index in [1.165, 1.54) is 30.1 Å². The van der Waals surface area contributed by atoms with Crippen molar-refractivity contribution in [2.24, 2.45) is 0 Å². The zero-order valence-corrected chi connectivity index (χ0v) is 18.4. The van der Waals surface area contributed by atoms with Crippen molar-refractivity contribution in [3.8, 4) is 28.6 Å². The molecule has 5 aromatic rings. The standard InChI is InChI=1S/C25H19N3O7/c1-34-18(30)10-14(15-12-27-28-9-5-8-26-25(15)28)19-21(31)23(33)22(32)20-16(29)11-17(35-24(19)20)13-6-3-2-4-7-13/h2-9,11-12,14,31-33H,10H2,1H3/t14-/m1/s1. The molecule has 0 saturated heterocycles. The third-order valence-corrected chi connectivity index (χ3v) is 5.82. The molecule has 1 atom stereocenters. The van der Waals surface area contributed by atoms with E-state index in [1.807, 2.05) is 0 Å². The lowest BCUT2D eigenvalue weighted by Crippen LogP contribution is -2.12. The van der Waals surface area contributed by atoms with Crippen molar-refractivity contribution in [2.75, 3.05) is 7.11 Å². The maximum Gasteiger partial charge on any atom is 0.306 e. The number of phenolic OH excluding ortho intramolecular Hbond substituents is 3. The molecule has 0 radical (unpaired) electrons. The number of carbonyl (C=O) groups is 1. The lowest BCUT2D eigenvalue weighted by atomic mass is 9.87. The summed E-state index contributed by atoms with van der Waals surface area (Å²) in [7, 11) is 1.22. The quantitative estimate of drug-likeness (QED) is 0.258. The van der Waals surface area contributed by atoms with Gasteiger partial charge in [0, 0.05) is 41.1 Å². The number of aromatic nitrogens is 3. The number of benzene rings is 2. The second-order valence-corrected chi connectivity index (χ2v) is 7.83. The van der Waals surface area contributed by atoms with Crippen LogP contribution in [0.2, 0.25) is 0 Å². The first kappa shape index (κ1) is 22.0. The molecule has 0 aliphatic heterocycles. The van der Waals surface area contributed by atoms with Gasteiger partial charge < -0.3 is 24.5 Å². The van der Waals surface area contributed by atoms with Gasteiger partial charge in [0.2, 0.25) is 5.75 Å². The van der Waals surface area contributed by atoms with E-state index in [2.05, 4.69) is 10.1 Å². The largest absolute Gasteiger partial charge is 0.504 e. The lowest BCUT2D eigenvalue weighted by Gasteiger charge is -2.20. The molecular formula is C25H19N3O7. The second-order valence-electron chi connectivity index (χ2n) is 7.83. The van der Waals surface area contributed by atoms with Gasteiger partial charge in [-0.2, -0.15) is 5.10 Å². The van der Waals surface area contributed by atoms with Gasteiger partial charge in [-0.05, 0) is 6.07 Å². The average molecular weight is 473 g/mol. The molecule has 2 aromatic carbocycles. The smallest absolute Gasteiger partial charge is 0.306 e. The van der Waals surface area contributed by atoms with Gasteiger partial charge in [0.25, 0.3) is 0 Å². The second kappa shape index (κ2) is 8.49. The van der Waals surface area contributed by atoms with E-state index >= 15 is 0 Å². The van der Waals surface area contributed by atoms with Crippen LogP contribution in [0.25, 0.3) is 27.9 Å². The van der Waals surface area contributed by atoms with Gasteiger partial charge in [-0.25, -0.2) is 9.50 Å². The van der Waals surface area contributed by atoms with Crippen molar-refractivity contribution in [1.29, 1.82) is 0 Å². The Bertz CT molecular complexity index is 1640. The Hall–Kier alpha value is -4.86. The van der Waals surface area contributed by atoms with Crippen LogP contribution in [0.1, 0.15) is 23.5 Å².